The van der Waals surface area contributed by atoms with Crippen LogP contribution in [0.1, 0.15) is 42.8 Å². The number of imidazole rings is 1. The van der Waals surface area contributed by atoms with Gasteiger partial charge in [0.2, 0.25) is 0 Å². The van der Waals surface area contributed by atoms with Gasteiger partial charge in [-0.15, -0.1) is 0 Å². The number of halogens is 1. The fourth-order valence-electron chi connectivity index (χ4n) is 3.79. The molecule has 38 heavy (non-hydrogen) atoms. The van der Waals surface area contributed by atoms with E-state index in [0.29, 0.717) is 39.6 Å². The molecule has 0 aliphatic heterocycles. The number of amides is 1. The minimum atomic E-state index is -0.565. The molecule has 194 valence electrons. The number of anilines is 1. The van der Waals surface area contributed by atoms with Crippen LogP contribution in [0, 0.1) is 5.82 Å². The summed E-state index contributed by atoms with van der Waals surface area (Å²) in [7, 11) is 3.89. The predicted octanol–water partition coefficient (Wildman–Crippen LogP) is 4.50. The third-order valence-electron chi connectivity index (χ3n) is 5.99. The van der Waals surface area contributed by atoms with Crippen molar-refractivity contribution in [3.63, 3.8) is 0 Å². The summed E-state index contributed by atoms with van der Waals surface area (Å²) in [6.07, 6.45) is 3.40. The molecule has 0 saturated heterocycles. The Balaban J connectivity index is 1.35. The molecule has 0 aliphatic rings. The first-order valence-electron chi connectivity index (χ1n) is 12.0. The van der Waals surface area contributed by atoms with Crippen molar-refractivity contribution in [2.75, 3.05) is 19.0 Å². The molecule has 0 spiro atoms. The standard InChI is InChI=1S/C27H27FN8O2/c1-27(2,3)26-34-25(38-35-26)24(37)31-13-16-7-6-15(12-19(16)28)18-10-11-29-23-21(18)32-22(33-23)20-9-8-17(14-30-20)36(4)5/h6-12,14H,13H2,1-5H3,(H,31,37)(H,29,32,33). The van der Waals surface area contributed by atoms with Crippen LogP contribution in [0.4, 0.5) is 10.1 Å². The number of benzene rings is 1. The van der Waals surface area contributed by atoms with Crippen LogP contribution < -0.4 is 10.2 Å². The lowest BCUT2D eigenvalue weighted by molar-refractivity contribution is 0.0906. The zero-order chi connectivity index (χ0) is 27.0. The lowest BCUT2D eigenvalue weighted by Crippen LogP contribution is -2.24. The smallest absolute Gasteiger partial charge is 0.315 e. The second kappa shape index (κ2) is 9.66. The summed E-state index contributed by atoms with van der Waals surface area (Å²) in [6.45, 7) is 5.70. The van der Waals surface area contributed by atoms with Gasteiger partial charge in [0, 0.05) is 43.4 Å². The Morgan fingerprint density at radius 3 is 2.58 bits per heavy atom. The van der Waals surface area contributed by atoms with Crippen LogP contribution in [0.25, 0.3) is 33.8 Å². The van der Waals surface area contributed by atoms with Crippen molar-refractivity contribution < 1.29 is 13.7 Å². The number of hydrogen-bond acceptors (Lipinski definition) is 8. The van der Waals surface area contributed by atoms with Crippen molar-refractivity contribution in [1.29, 1.82) is 0 Å². The summed E-state index contributed by atoms with van der Waals surface area (Å²) < 4.78 is 20.1. The van der Waals surface area contributed by atoms with Gasteiger partial charge in [-0.25, -0.2) is 14.4 Å². The molecule has 11 heteroatoms. The van der Waals surface area contributed by atoms with E-state index in [9.17, 15) is 4.79 Å². The maximum absolute atomic E-state index is 15.1. The first kappa shape index (κ1) is 25.0. The van der Waals surface area contributed by atoms with Crippen molar-refractivity contribution in [3.05, 3.63) is 71.9 Å². The molecule has 0 aliphatic carbocycles. The topological polar surface area (TPSA) is 126 Å². The summed E-state index contributed by atoms with van der Waals surface area (Å²) in [4.78, 5) is 35.2. The van der Waals surface area contributed by atoms with E-state index in [2.05, 4.69) is 35.4 Å². The summed E-state index contributed by atoms with van der Waals surface area (Å²) in [5.41, 5.74) is 4.17. The normalized spacial score (nSPS) is 11.6. The second-order valence-electron chi connectivity index (χ2n) is 10.1. The molecule has 4 aromatic heterocycles. The molecule has 0 fully saturated rings. The summed E-state index contributed by atoms with van der Waals surface area (Å²) >= 11 is 0. The molecule has 5 aromatic rings. The van der Waals surface area contributed by atoms with Crippen LogP contribution in [0.2, 0.25) is 0 Å². The molecular formula is C27H27FN8O2. The number of carbonyl (C=O) groups excluding carboxylic acids is 1. The Bertz CT molecular complexity index is 1620. The monoisotopic (exact) mass is 514 g/mol. The molecule has 2 N–H and O–H groups in total. The molecule has 0 atom stereocenters. The largest absolute Gasteiger partial charge is 0.376 e. The summed E-state index contributed by atoms with van der Waals surface area (Å²) in [5.74, 6) is -0.197. The fourth-order valence-corrected chi connectivity index (χ4v) is 3.79. The zero-order valence-corrected chi connectivity index (χ0v) is 21.7. The van der Waals surface area contributed by atoms with Gasteiger partial charge in [-0.3, -0.25) is 9.78 Å². The number of carbonyl (C=O) groups is 1. The molecule has 0 unspecified atom stereocenters. The van der Waals surface area contributed by atoms with Gasteiger partial charge in [-0.1, -0.05) is 38.1 Å². The average Bonchev–Trinajstić information content (AvgIpc) is 3.56. The van der Waals surface area contributed by atoms with Crippen molar-refractivity contribution in [2.24, 2.45) is 0 Å². The number of H-pyrrole nitrogens is 1. The van der Waals surface area contributed by atoms with Crippen LogP contribution in [-0.4, -0.2) is 50.1 Å². The van der Waals surface area contributed by atoms with E-state index in [1.807, 2.05) is 51.9 Å². The maximum atomic E-state index is 15.1. The molecule has 1 aromatic carbocycles. The Kier molecular flexibility index (Phi) is 6.35. The number of aromatic nitrogens is 6. The summed E-state index contributed by atoms with van der Waals surface area (Å²) in [6, 6.07) is 10.5. The Hall–Kier alpha value is -4.67. The number of nitrogens with zero attached hydrogens (tertiary/aromatic N) is 6. The highest BCUT2D eigenvalue weighted by molar-refractivity contribution is 5.91. The maximum Gasteiger partial charge on any atom is 0.315 e. The third kappa shape index (κ3) is 4.95. The second-order valence-corrected chi connectivity index (χ2v) is 10.1. The van der Waals surface area contributed by atoms with Gasteiger partial charge in [-0.05, 0) is 29.8 Å². The summed E-state index contributed by atoms with van der Waals surface area (Å²) in [5, 5.41) is 6.47. The highest BCUT2D eigenvalue weighted by Crippen LogP contribution is 2.29. The van der Waals surface area contributed by atoms with Crippen molar-refractivity contribution in [1.82, 2.24) is 35.4 Å². The zero-order valence-electron chi connectivity index (χ0n) is 21.7. The van der Waals surface area contributed by atoms with Gasteiger partial charge in [-0.2, -0.15) is 4.98 Å². The van der Waals surface area contributed by atoms with Gasteiger partial charge >= 0.3 is 11.8 Å². The van der Waals surface area contributed by atoms with Gasteiger partial charge in [0.05, 0.1) is 17.4 Å². The van der Waals surface area contributed by atoms with Crippen LogP contribution >= 0.6 is 0 Å². The van der Waals surface area contributed by atoms with Crippen molar-refractivity contribution >= 4 is 22.8 Å². The molecule has 4 heterocycles. The fraction of sp³-hybridized carbons (Fsp3) is 0.259. The number of pyridine rings is 2. The number of fused-ring (bicyclic) bond motifs is 1. The number of rotatable bonds is 6. The SMILES string of the molecule is CN(C)c1ccc(-c2nc3nccc(-c4ccc(CNC(=O)c5nc(C(C)(C)C)no5)c(F)c4)c3[nH]2)nc1. The van der Waals surface area contributed by atoms with E-state index in [1.54, 1.807) is 30.6 Å². The molecule has 5 rings (SSSR count). The van der Waals surface area contributed by atoms with Crippen LogP contribution in [0.15, 0.2) is 53.3 Å². The van der Waals surface area contributed by atoms with Crippen molar-refractivity contribution in [2.45, 2.75) is 32.7 Å². The Morgan fingerprint density at radius 1 is 1.11 bits per heavy atom. The molecule has 0 saturated carbocycles. The minimum absolute atomic E-state index is 0.0350. The van der Waals surface area contributed by atoms with Crippen LogP contribution in [0.5, 0.6) is 0 Å². The van der Waals surface area contributed by atoms with Gasteiger partial charge < -0.3 is 19.7 Å². The number of nitrogens with one attached hydrogen (secondary N) is 2. The van der Waals surface area contributed by atoms with E-state index >= 15 is 4.39 Å². The molecular weight excluding hydrogens is 487 g/mol. The van der Waals surface area contributed by atoms with Gasteiger partial charge in [0.25, 0.3) is 0 Å². The predicted molar refractivity (Wildman–Crippen MR) is 141 cm³/mol. The highest BCUT2D eigenvalue weighted by atomic mass is 19.1. The molecule has 1 amide bonds. The molecule has 0 bridgehead atoms. The first-order chi connectivity index (χ1) is 18.1. The van der Waals surface area contributed by atoms with E-state index in [-0.39, 0.29) is 17.9 Å². The molecule has 10 nitrogen and oxygen atoms in total. The first-order valence-corrected chi connectivity index (χ1v) is 12.0. The Labute approximate surface area is 218 Å². The molecule has 0 radical (unpaired) electrons. The lowest BCUT2D eigenvalue weighted by atomic mass is 9.96. The quantitative estimate of drug-likeness (QED) is 0.339. The van der Waals surface area contributed by atoms with Crippen LogP contribution in [0.3, 0.4) is 0 Å². The third-order valence-corrected chi connectivity index (χ3v) is 5.99. The van der Waals surface area contributed by atoms with Crippen LogP contribution in [-0.2, 0) is 12.0 Å². The van der Waals surface area contributed by atoms with E-state index in [0.717, 1.165) is 11.3 Å². The van der Waals surface area contributed by atoms with Gasteiger partial charge in [0.1, 0.15) is 11.5 Å². The van der Waals surface area contributed by atoms with E-state index in [4.69, 9.17) is 4.52 Å². The minimum Gasteiger partial charge on any atom is -0.376 e. The van der Waals surface area contributed by atoms with E-state index < -0.39 is 11.7 Å². The average molecular weight is 515 g/mol. The lowest BCUT2D eigenvalue weighted by Gasteiger charge is -2.11. The van der Waals surface area contributed by atoms with E-state index in [1.165, 1.54) is 6.07 Å². The Morgan fingerprint density at radius 2 is 1.92 bits per heavy atom. The van der Waals surface area contributed by atoms with Crippen molar-refractivity contribution in [3.8, 4) is 22.6 Å². The number of aromatic amines is 1. The van der Waals surface area contributed by atoms with Gasteiger partial charge in [0.15, 0.2) is 17.3 Å². The number of hydrogen-bond donors (Lipinski definition) is 2. The highest BCUT2D eigenvalue weighted by Gasteiger charge is 2.24.